The summed E-state index contributed by atoms with van der Waals surface area (Å²) in [6, 6.07) is 6.27. The van der Waals surface area contributed by atoms with Crippen LogP contribution in [-0.2, 0) is 23.0 Å². The summed E-state index contributed by atoms with van der Waals surface area (Å²) >= 11 is 0. The van der Waals surface area contributed by atoms with Gasteiger partial charge in [-0.05, 0) is 55.4 Å². The molecule has 0 aliphatic heterocycles. The van der Waals surface area contributed by atoms with E-state index in [1.54, 1.807) is 0 Å². The van der Waals surface area contributed by atoms with Crippen LogP contribution in [0.3, 0.4) is 0 Å². The lowest BCUT2D eigenvalue weighted by molar-refractivity contribution is 0.315. The Balaban J connectivity index is 2.61. The van der Waals surface area contributed by atoms with Gasteiger partial charge in [0.15, 0.2) is 0 Å². The summed E-state index contributed by atoms with van der Waals surface area (Å²) in [7, 11) is -3.91. The van der Waals surface area contributed by atoms with Gasteiger partial charge in [-0.1, -0.05) is 58.4 Å². The highest BCUT2D eigenvalue weighted by atomic mass is 32.2. The summed E-state index contributed by atoms with van der Waals surface area (Å²) in [5.41, 5.74) is 2.78. The highest BCUT2D eigenvalue weighted by Crippen LogP contribution is 2.22. The summed E-state index contributed by atoms with van der Waals surface area (Å²) in [5, 5.41) is 0. The molecule has 0 spiro atoms. The molecule has 0 saturated heterocycles. The van der Waals surface area contributed by atoms with E-state index in [0.717, 1.165) is 18.6 Å². The Labute approximate surface area is 160 Å². The number of aryl methyl sites for hydroxylation is 2. The van der Waals surface area contributed by atoms with Crippen LogP contribution >= 0.6 is 0 Å². The van der Waals surface area contributed by atoms with Gasteiger partial charge in [-0.3, -0.25) is 4.55 Å². The quantitative estimate of drug-likeness (QED) is 0.316. The third-order valence-corrected chi connectivity index (χ3v) is 5.40. The monoisotopic (exact) mass is 384 g/mol. The summed E-state index contributed by atoms with van der Waals surface area (Å²) in [5.74, 6) is 0.537. The first-order valence-electron chi connectivity index (χ1n) is 10.2. The number of unbranched alkanes of at least 4 members (excludes halogenated alkanes) is 6. The van der Waals surface area contributed by atoms with Gasteiger partial charge in [-0.15, -0.1) is 0 Å². The molecule has 0 bridgehead atoms. The summed E-state index contributed by atoms with van der Waals surface area (Å²) < 4.78 is 36.0. The molecule has 0 radical (unpaired) electrons. The zero-order valence-electron chi connectivity index (χ0n) is 16.5. The van der Waals surface area contributed by atoms with Gasteiger partial charge in [0.25, 0.3) is 10.1 Å². The van der Waals surface area contributed by atoms with E-state index in [1.807, 2.05) is 6.07 Å². The normalized spacial score (nSPS) is 11.7. The SMILES string of the molecule is CCCCCCc1ccc(OCCCS(=O)(=O)O)cc1CCCCCC. The minimum atomic E-state index is -3.91. The molecule has 0 saturated carbocycles. The van der Waals surface area contributed by atoms with Crippen molar-refractivity contribution in [2.24, 2.45) is 0 Å². The second-order valence-corrected chi connectivity index (χ2v) is 8.61. The van der Waals surface area contributed by atoms with Gasteiger partial charge in [0, 0.05) is 0 Å². The fourth-order valence-electron chi connectivity index (χ4n) is 3.08. The fraction of sp³-hybridized carbons (Fsp3) is 0.714. The van der Waals surface area contributed by atoms with Crippen molar-refractivity contribution in [1.82, 2.24) is 0 Å². The minimum Gasteiger partial charge on any atom is -0.494 e. The van der Waals surface area contributed by atoms with E-state index in [9.17, 15) is 8.42 Å². The average Bonchev–Trinajstić information content (AvgIpc) is 2.60. The van der Waals surface area contributed by atoms with Crippen LogP contribution in [0.15, 0.2) is 18.2 Å². The molecule has 4 nitrogen and oxygen atoms in total. The van der Waals surface area contributed by atoms with Crippen LogP contribution in [0.25, 0.3) is 0 Å². The van der Waals surface area contributed by atoms with E-state index in [1.165, 1.54) is 62.5 Å². The maximum atomic E-state index is 10.8. The first kappa shape index (κ1) is 23.0. The minimum absolute atomic E-state index is 0.258. The second kappa shape index (κ2) is 13.2. The Morgan fingerprint density at radius 3 is 2.04 bits per heavy atom. The highest BCUT2D eigenvalue weighted by Gasteiger charge is 2.07. The van der Waals surface area contributed by atoms with E-state index in [4.69, 9.17) is 9.29 Å². The number of hydrogen-bond acceptors (Lipinski definition) is 3. The molecule has 0 unspecified atom stereocenters. The van der Waals surface area contributed by atoms with Crippen LogP contribution in [0.2, 0.25) is 0 Å². The Morgan fingerprint density at radius 1 is 0.846 bits per heavy atom. The number of benzene rings is 1. The molecule has 1 rings (SSSR count). The van der Waals surface area contributed by atoms with Gasteiger partial charge in [0.05, 0.1) is 12.4 Å². The van der Waals surface area contributed by atoms with Crippen LogP contribution in [0.5, 0.6) is 5.75 Å². The Kier molecular flexibility index (Phi) is 11.6. The molecule has 5 heteroatoms. The van der Waals surface area contributed by atoms with Crippen LogP contribution < -0.4 is 4.74 Å². The van der Waals surface area contributed by atoms with E-state index < -0.39 is 10.1 Å². The molecule has 1 N–H and O–H groups in total. The van der Waals surface area contributed by atoms with Gasteiger partial charge in [-0.2, -0.15) is 8.42 Å². The predicted molar refractivity (Wildman–Crippen MR) is 109 cm³/mol. The molecule has 1 aromatic carbocycles. The molecule has 0 aliphatic carbocycles. The van der Waals surface area contributed by atoms with Crippen molar-refractivity contribution in [3.05, 3.63) is 29.3 Å². The Hall–Kier alpha value is -1.07. The van der Waals surface area contributed by atoms with Gasteiger partial charge in [-0.25, -0.2) is 0 Å². The zero-order valence-corrected chi connectivity index (χ0v) is 17.3. The zero-order chi connectivity index (χ0) is 19.3. The van der Waals surface area contributed by atoms with Gasteiger partial charge >= 0.3 is 0 Å². The van der Waals surface area contributed by atoms with Crippen molar-refractivity contribution in [1.29, 1.82) is 0 Å². The standard InChI is InChI=1S/C21H36O4S/c1-3-5-7-9-12-19-14-15-21(25-16-11-17-26(22,23)24)18-20(19)13-10-8-6-4-2/h14-15,18H,3-13,16-17H2,1-2H3,(H,22,23,24). The molecule has 1 aromatic rings. The van der Waals surface area contributed by atoms with Crippen LogP contribution in [0.4, 0.5) is 0 Å². The maximum Gasteiger partial charge on any atom is 0.264 e. The average molecular weight is 385 g/mol. The molecule has 150 valence electrons. The van der Waals surface area contributed by atoms with E-state index in [-0.39, 0.29) is 5.75 Å². The summed E-state index contributed by atoms with van der Waals surface area (Å²) in [6.45, 7) is 4.75. The van der Waals surface area contributed by atoms with Crippen molar-refractivity contribution in [3.8, 4) is 5.75 Å². The van der Waals surface area contributed by atoms with Crippen molar-refractivity contribution in [2.45, 2.75) is 84.5 Å². The van der Waals surface area contributed by atoms with E-state index in [2.05, 4.69) is 26.0 Å². The smallest absolute Gasteiger partial charge is 0.264 e. The predicted octanol–water partition coefficient (Wildman–Crippen LogP) is 5.59. The lowest BCUT2D eigenvalue weighted by Gasteiger charge is -2.13. The van der Waals surface area contributed by atoms with Gasteiger partial charge in [0.1, 0.15) is 5.75 Å². The third-order valence-electron chi connectivity index (χ3n) is 4.59. The van der Waals surface area contributed by atoms with Gasteiger partial charge < -0.3 is 4.74 Å². The number of ether oxygens (including phenoxy) is 1. The topological polar surface area (TPSA) is 63.6 Å². The van der Waals surface area contributed by atoms with Crippen molar-refractivity contribution >= 4 is 10.1 Å². The molecule has 26 heavy (non-hydrogen) atoms. The molecule has 0 fully saturated rings. The summed E-state index contributed by atoms with van der Waals surface area (Å²) in [4.78, 5) is 0. The largest absolute Gasteiger partial charge is 0.494 e. The highest BCUT2D eigenvalue weighted by molar-refractivity contribution is 7.85. The van der Waals surface area contributed by atoms with E-state index in [0.29, 0.717) is 13.0 Å². The molecule has 0 atom stereocenters. The van der Waals surface area contributed by atoms with Crippen molar-refractivity contribution in [3.63, 3.8) is 0 Å². The molecule has 0 amide bonds. The van der Waals surface area contributed by atoms with Crippen molar-refractivity contribution < 1.29 is 17.7 Å². The Morgan fingerprint density at radius 2 is 1.46 bits per heavy atom. The third kappa shape index (κ3) is 10.8. The first-order chi connectivity index (χ1) is 12.5. The molecule has 0 heterocycles. The van der Waals surface area contributed by atoms with Crippen molar-refractivity contribution in [2.75, 3.05) is 12.4 Å². The van der Waals surface area contributed by atoms with Crippen LogP contribution in [0, 0.1) is 0 Å². The number of hydrogen-bond donors (Lipinski definition) is 1. The lowest BCUT2D eigenvalue weighted by atomic mass is 9.96. The molecule has 0 aromatic heterocycles. The maximum absolute atomic E-state index is 10.8. The summed E-state index contributed by atoms with van der Waals surface area (Å²) in [6.07, 6.45) is 12.5. The lowest BCUT2D eigenvalue weighted by Crippen LogP contribution is -2.08. The van der Waals surface area contributed by atoms with Crippen LogP contribution in [0.1, 0.15) is 82.8 Å². The van der Waals surface area contributed by atoms with E-state index >= 15 is 0 Å². The second-order valence-electron chi connectivity index (χ2n) is 7.04. The Bertz CT molecular complexity index is 596. The number of rotatable bonds is 15. The molecular weight excluding hydrogens is 348 g/mol. The first-order valence-corrected chi connectivity index (χ1v) is 11.8. The van der Waals surface area contributed by atoms with Crippen LogP contribution in [-0.4, -0.2) is 25.3 Å². The fourth-order valence-corrected chi connectivity index (χ4v) is 3.57. The molecule has 0 aliphatic rings. The van der Waals surface area contributed by atoms with Gasteiger partial charge in [0.2, 0.25) is 0 Å². The molecular formula is C21H36O4S.